The molecule has 2 aromatic heterocycles. The van der Waals surface area contributed by atoms with E-state index < -0.39 is 0 Å². The van der Waals surface area contributed by atoms with Gasteiger partial charge < -0.3 is 4.52 Å². The van der Waals surface area contributed by atoms with E-state index in [0.29, 0.717) is 11.9 Å². The molecule has 4 heterocycles. The molecule has 1 aliphatic carbocycles. The number of hydrogen-bond acceptors (Lipinski definition) is 8. The number of hydrogen-bond donors (Lipinski definition) is 0. The lowest BCUT2D eigenvalue weighted by atomic mass is 10.0. The summed E-state index contributed by atoms with van der Waals surface area (Å²) in [6, 6.07) is 0.547. The molecule has 1 saturated carbocycles. The highest BCUT2D eigenvalue weighted by Gasteiger charge is 2.40. The van der Waals surface area contributed by atoms with Crippen molar-refractivity contribution in [3.8, 4) is 0 Å². The van der Waals surface area contributed by atoms with Crippen molar-refractivity contribution >= 4 is 0 Å². The van der Waals surface area contributed by atoms with E-state index in [9.17, 15) is 0 Å². The predicted molar refractivity (Wildman–Crippen MR) is 82.7 cm³/mol. The summed E-state index contributed by atoms with van der Waals surface area (Å²) in [6.45, 7) is 7.99. The second-order valence-electron chi connectivity index (χ2n) is 7.41. The minimum atomic E-state index is 0.547. The average molecular weight is 330 g/mol. The number of tetrazole rings is 1. The molecule has 2 saturated heterocycles. The fourth-order valence-electron chi connectivity index (χ4n) is 4.17. The van der Waals surface area contributed by atoms with E-state index in [-0.39, 0.29) is 0 Å². The number of rotatable bonds is 5. The van der Waals surface area contributed by atoms with Crippen LogP contribution in [0.4, 0.5) is 0 Å². The molecule has 0 N–H and O–H groups in total. The maximum absolute atomic E-state index is 5.06. The van der Waals surface area contributed by atoms with Crippen molar-refractivity contribution in [1.82, 2.24) is 40.1 Å². The normalized spacial score (nSPS) is 27.9. The Morgan fingerprint density at radius 2 is 1.75 bits per heavy atom. The first-order valence-corrected chi connectivity index (χ1v) is 8.75. The van der Waals surface area contributed by atoms with Crippen molar-refractivity contribution in [1.29, 1.82) is 0 Å². The molecule has 128 valence electrons. The summed E-state index contributed by atoms with van der Waals surface area (Å²) in [5, 5.41) is 16.3. The van der Waals surface area contributed by atoms with Crippen LogP contribution in [0.25, 0.3) is 0 Å². The van der Waals surface area contributed by atoms with Gasteiger partial charge in [0, 0.05) is 33.1 Å². The molecule has 0 aromatic carbocycles. The summed E-state index contributed by atoms with van der Waals surface area (Å²) in [6.07, 6.45) is 2.43. The quantitative estimate of drug-likeness (QED) is 0.771. The fourth-order valence-corrected chi connectivity index (χ4v) is 4.17. The van der Waals surface area contributed by atoms with Gasteiger partial charge in [0.25, 0.3) is 0 Å². The summed E-state index contributed by atoms with van der Waals surface area (Å²) in [5.41, 5.74) is 0. The van der Waals surface area contributed by atoms with Crippen molar-refractivity contribution in [2.45, 2.75) is 38.9 Å². The Kier molecular flexibility index (Phi) is 3.37. The second-order valence-corrected chi connectivity index (χ2v) is 7.41. The van der Waals surface area contributed by atoms with Gasteiger partial charge in [0.1, 0.15) is 0 Å². The Bertz CT molecular complexity index is 709. The zero-order valence-electron chi connectivity index (χ0n) is 13.9. The average Bonchev–Trinajstić information content (AvgIpc) is 2.86. The SMILES string of the molecule is Cc1nc(CN2C[C@H]3CN(Cc4nnnn4C4CC4)C[C@@H]3C2)no1. The standard InChI is InChI=1S/C15H22N8O/c1-10-16-14(18-24-10)8-21-4-11-6-22(7-12(11)5-21)9-15-17-19-20-23(15)13-2-3-13/h11-13H,2-9H2,1H3/t11-,12-/m0/s1. The van der Waals surface area contributed by atoms with E-state index >= 15 is 0 Å². The van der Waals surface area contributed by atoms with Crippen LogP contribution in [-0.4, -0.2) is 66.3 Å². The van der Waals surface area contributed by atoms with Gasteiger partial charge in [-0.05, 0) is 35.1 Å². The van der Waals surface area contributed by atoms with Crippen LogP contribution in [0.3, 0.4) is 0 Å². The third kappa shape index (κ3) is 2.71. The molecule has 0 bridgehead atoms. The van der Waals surface area contributed by atoms with Gasteiger partial charge >= 0.3 is 0 Å². The van der Waals surface area contributed by atoms with Crippen LogP contribution in [-0.2, 0) is 13.1 Å². The Labute approximate surface area is 140 Å². The highest BCUT2D eigenvalue weighted by Crippen LogP contribution is 2.36. The third-order valence-electron chi connectivity index (χ3n) is 5.39. The first-order chi connectivity index (χ1) is 11.7. The van der Waals surface area contributed by atoms with Gasteiger partial charge in [-0.15, -0.1) is 5.10 Å². The lowest BCUT2D eigenvalue weighted by Gasteiger charge is -2.19. The molecular weight excluding hydrogens is 308 g/mol. The molecule has 0 radical (unpaired) electrons. The number of aromatic nitrogens is 6. The lowest BCUT2D eigenvalue weighted by Crippen LogP contribution is -2.29. The molecule has 0 spiro atoms. The lowest BCUT2D eigenvalue weighted by molar-refractivity contribution is 0.235. The summed E-state index contributed by atoms with van der Waals surface area (Å²) >= 11 is 0. The van der Waals surface area contributed by atoms with Crippen molar-refractivity contribution in [3.05, 3.63) is 17.5 Å². The first kappa shape index (κ1) is 14.5. The van der Waals surface area contributed by atoms with Gasteiger partial charge in [0.05, 0.1) is 19.1 Å². The van der Waals surface area contributed by atoms with Gasteiger partial charge in [-0.3, -0.25) is 9.80 Å². The Hall–Kier alpha value is -1.87. The summed E-state index contributed by atoms with van der Waals surface area (Å²) in [4.78, 5) is 9.27. The van der Waals surface area contributed by atoms with Crippen LogP contribution in [0.1, 0.15) is 36.4 Å². The smallest absolute Gasteiger partial charge is 0.223 e. The van der Waals surface area contributed by atoms with E-state index in [1.165, 1.54) is 12.8 Å². The Morgan fingerprint density at radius 3 is 2.38 bits per heavy atom. The van der Waals surface area contributed by atoms with E-state index in [1.807, 2.05) is 11.6 Å². The monoisotopic (exact) mass is 330 g/mol. The van der Waals surface area contributed by atoms with Crippen molar-refractivity contribution in [3.63, 3.8) is 0 Å². The maximum atomic E-state index is 5.06. The minimum absolute atomic E-state index is 0.547. The molecule has 9 heteroatoms. The molecule has 2 atom stereocenters. The molecule has 3 fully saturated rings. The maximum Gasteiger partial charge on any atom is 0.223 e. The number of aryl methyl sites for hydroxylation is 1. The predicted octanol–water partition coefficient (Wildman–Crippen LogP) is 0.263. The number of likely N-dealkylation sites (tertiary alicyclic amines) is 2. The highest BCUT2D eigenvalue weighted by molar-refractivity contribution is 4.97. The van der Waals surface area contributed by atoms with Crippen LogP contribution < -0.4 is 0 Å². The highest BCUT2D eigenvalue weighted by atomic mass is 16.5. The Morgan fingerprint density at radius 1 is 1.04 bits per heavy atom. The van der Waals surface area contributed by atoms with Crippen LogP contribution >= 0.6 is 0 Å². The van der Waals surface area contributed by atoms with E-state index in [1.54, 1.807) is 0 Å². The number of nitrogens with zero attached hydrogens (tertiary/aromatic N) is 8. The molecule has 0 unspecified atom stereocenters. The zero-order valence-corrected chi connectivity index (χ0v) is 13.9. The molecular formula is C15H22N8O. The molecule has 0 amide bonds. The van der Waals surface area contributed by atoms with Crippen molar-refractivity contribution in [2.75, 3.05) is 26.2 Å². The number of fused-ring (bicyclic) bond motifs is 1. The fraction of sp³-hybridized carbons (Fsp3) is 0.800. The summed E-state index contributed by atoms with van der Waals surface area (Å²) in [7, 11) is 0. The molecule has 2 aliphatic heterocycles. The van der Waals surface area contributed by atoms with Crippen LogP contribution in [0.15, 0.2) is 4.52 Å². The third-order valence-corrected chi connectivity index (χ3v) is 5.39. The zero-order chi connectivity index (χ0) is 16.1. The molecule has 3 aliphatic rings. The van der Waals surface area contributed by atoms with Gasteiger partial charge in [-0.1, -0.05) is 5.16 Å². The van der Waals surface area contributed by atoms with Gasteiger partial charge in [-0.25, -0.2) is 4.68 Å². The van der Waals surface area contributed by atoms with E-state index in [0.717, 1.165) is 62.8 Å². The van der Waals surface area contributed by atoms with Crippen LogP contribution in [0.5, 0.6) is 0 Å². The summed E-state index contributed by atoms with van der Waals surface area (Å²) < 4.78 is 7.09. The molecule has 24 heavy (non-hydrogen) atoms. The molecule has 9 nitrogen and oxygen atoms in total. The molecule has 2 aromatic rings. The summed E-state index contributed by atoms with van der Waals surface area (Å²) in [5.74, 6) is 3.92. The van der Waals surface area contributed by atoms with Gasteiger partial charge in [0.2, 0.25) is 5.89 Å². The van der Waals surface area contributed by atoms with Crippen molar-refractivity contribution < 1.29 is 4.52 Å². The van der Waals surface area contributed by atoms with Crippen LogP contribution in [0, 0.1) is 18.8 Å². The largest absolute Gasteiger partial charge is 0.340 e. The van der Waals surface area contributed by atoms with Gasteiger partial charge in [0.15, 0.2) is 11.6 Å². The Balaban J connectivity index is 1.17. The minimum Gasteiger partial charge on any atom is -0.340 e. The van der Waals surface area contributed by atoms with Gasteiger partial charge in [-0.2, -0.15) is 4.98 Å². The van der Waals surface area contributed by atoms with E-state index in [2.05, 4.69) is 35.5 Å². The molecule has 5 rings (SSSR count). The van der Waals surface area contributed by atoms with E-state index in [4.69, 9.17) is 4.52 Å². The van der Waals surface area contributed by atoms with Crippen LogP contribution in [0.2, 0.25) is 0 Å². The second kappa shape index (κ2) is 5.59. The topological polar surface area (TPSA) is 89.0 Å². The van der Waals surface area contributed by atoms with Crippen molar-refractivity contribution in [2.24, 2.45) is 11.8 Å². The first-order valence-electron chi connectivity index (χ1n) is 8.75.